The maximum Gasteiger partial charge on any atom is 0.341 e. The molecule has 5 rings (SSSR count). The average molecular weight is 487 g/mol. The van der Waals surface area contributed by atoms with Crippen molar-refractivity contribution in [2.75, 3.05) is 31.1 Å². The minimum absolute atomic E-state index is 0.122. The predicted octanol–water partition coefficient (Wildman–Crippen LogP) is 3.71. The Kier molecular flexibility index (Phi) is 5.73. The molecule has 1 saturated carbocycles. The average Bonchev–Trinajstić information content (AvgIpc) is 3.62. The van der Waals surface area contributed by atoms with Gasteiger partial charge in [-0.2, -0.15) is 5.06 Å². The van der Waals surface area contributed by atoms with Crippen LogP contribution in [-0.2, 0) is 0 Å². The largest absolute Gasteiger partial charge is 0.477 e. The van der Waals surface area contributed by atoms with Gasteiger partial charge in [-0.15, -0.1) is 0 Å². The van der Waals surface area contributed by atoms with Crippen LogP contribution in [-0.4, -0.2) is 74.1 Å². The molecule has 3 aliphatic rings. The van der Waals surface area contributed by atoms with Crippen molar-refractivity contribution < 1.29 is 19.5 Å². The lowest BCUT2D eigenvalue weighted by atomic mass is 9.78. The predicted molar refractivity (Wildman–Crippen MR) is 132 cm³/mol. The molecule has 0 amide bonds. The summed E-state index contributed by atoms with van der Waals surface area (Å²) in [7, 11) is 0. The number of aromatic carboxylic acids is 1. The second-order valence-electron chi connectivity index (χ2n) is 11.7. The molecule has 35 heavy (non-hydrogen) atoms. The zero-order valence-corrected chi connectivity index (χ0v) is 20.9. The fourth-order valence-electron chi connectivity index (χ4n) is 6.21. The molecule has 0 radical (unpaired) electrons. The van der Waals surface area contributed by atoms with Crippen LogP contribution in [0.3, 0.4) is 0 Å². The van der Waals surface area contributed by atoms with Crippen molar-refractivity contribution in [2.24, 2.45) is 0 Å². The van der Waals surface area contributed by atoms with Crippen molar-refractivity contribution in [3.8, 4) is 0 Å². The van der Waals surface area contributed by atoms with Crippen LogP contribution in [0.1, 0.15) is 69.8 Å². The van der Waals surface area contributed by atoms with Crippen LogP contribution < -0.4 is 10.3 Å². The van der Waals surface area contributed by atoms with Crippen LogP contribution in [0.15, 0.2) is 23.1 Å². The fraction of sp³-hybridized carbons (Fsp3) is 0.615. The van der Waals surface area contributed by atoms with Crippen LogP contribution in [0.25, 0.3) is 10.9 Å². The summed E-state index contributed by atoms with van der Waals surface area (Å²) in [5.74, 6) is -1.78. The number of carbonyl (C=O) groups is 1. The molecule has 2 aromatic rings. The number of halogens is 1. The summed E-state index contributed by atoms with van der Waals surface area (Å²) in [4.78, 5) is 28.8. The van der Waals surface area contributed by atoms with Crippen molar-refractivity contribution in [2.45, 2.75) is 76.5 Å². The van der Waals surface area contributed by atoms with E-state index in [-0.39, 0.29) is 28.1 Å². The van der Waals surface area contributed by atoms with E-state index >= 15 is 4.39 Å². The van der Waals surface area contributed by atoms with E-state index in [4.69, 9.17) is 0 Å². The van der Waals surface area contributed by atoms with Crippen LogP contribution in [0.4, 0.5) is 10.1 Å². The first-order chi connectivity index (χ1) is 16.4. The van der Waals surface area contributed by atoms with E-state index in [0.717, 1.165) is 38.8 Å². The zero-order chi connectivity index (χ0) is 25.3. The van der Waals surface area contributed by atoms with Gasteiger partial charge in [-0.25, -0.2) is 9.18 Å². The Bertz CT molecular complexity index is 1210. The Labute approximate surface area is 204 Å². The summed E-state index contributed by atoms with van der Waals surface area (Å²) in [5.41, 5.74) is -0.546. The Hall–Kier alpha value is -2.49. The number of benzene rings is 1. The monoisotopic (exact) mass is 486 g/mol. The zero-order valence-electron chi connectivity index (χ0n) is 20.9. The molecule has 1 aromatic heterocycles. The number of hydroxylamine groups is 2. The van der Waals surface area contributed by atoms with E-state index in [1.54, 1.807) is 6.07 Å². The third kappa shape index (κ3) is 4.23. The standard InChI is InChI=1S/C26H35FN4O4/c1-25(2)13-17(14-26(3,4)31(25)35)28-7-9-29(10-8-28)22-12-21-18(11-20(22)27)23(32)19(24(33)34)15-30(21)16-5-6-16/h11-12,15-17,35H,5-10,13-14H2,1-4H3,(H,33,34). The number of aromatic nitrogens is 1. The molecule has 2 saturated heterocycles. The number of nitrogens with zero attached hydrogens (tertiary/aromatic N) is 4. The number of rotatable bonds is 4. The molecule has 0 bridgehead atoms. The minimum Gasteiger partial charge on any atom is -0.477 e. The second-order valence-corrected chi connectivity index (χ2v) is 11.7. The summed E-state index contributed by atoms with van der Waals surface area (Å²) >= 11 is 0. The number of fused-ring (bicyclic) bond motifs is 1. The maximum absolute atomic E-state index is 15.3. The van der Waals surface area contributed by atoms with Crippen molar-refractivity contribution >= 4 is 22.6 Å². The number of hydrogen-bond donors (Lipinski definition) is 2. The fourth-order valence-corrected chi connectivity index (χ4v) is 6.21. The van der Waals surface area contributed by atoms with E-state index in [0.29, 0.717) is 30.3 Å². The van der Waals surface area contributed by atoms with Crippen molar-refractivity contribution in [1.29, 1.82) is 0 Å². The number of anilines is 1. The van der Waals surface area contributed by atoms with Gasteiger partial charge in [0.1, 0.15) is 11.4 Å². The van der Waals surface area contributed by atoms with Gasteiger partial charge in [0.25, 0.3) is 0 Å². The lowest BCUT2D eigenvalue weighted by Gasteiger charge is -2.54. The molecule has 1 aliphatic carbocycles. The van der Waals surface area contributed by atoms with E-state index in [1.807, 2.05) is 9.47 Å². The van der Waals surface area contributed by atoms with Crippen LogP contribution in [0.2, 0.25) is 0 Å². The highest BCUT2D eigenvalue weighted by Gasteiger charge is 2.46. The lowest BCUT2D eigenvalue weighted by molar-refractivity contribution is -0.252. The Balaban J connectivity index is 1.40. The number of pyridine rings is 1. The Morgan fingerprint density at radius 3 is 2.14 bits per heavy atom. The molecular formula is C26H35FN4O4. The Morgan fingerprint density at radius 1 is 1.00 bits per heavy atom. The SMILES string of the molecule is CC1(C)CC(N2CCN(c3cc4c(cc3F)c(=O)c(C(=O)O)cn4C3CC3)CC2)CC(C)(C)N1O. The molecule has 9 heteroatoms. The van der Waals surface area contributed by atoms with Gasteiger partial charge in [-0.3, -0.25) is 9.69 Å². The van der Waals surface area contributed by atoms with Crippen molar-refractivity contribution in [3.05, 3.63) is 39.9 Å². The molecule has 2 N–H and O–H groups in total. The van der Waals surface area contributed by atoms with Gasteiger partial charge >= 0.3 is 5.97 Å². The molecule has 3 fully saturated rings. The molecule has 8 nitrogen and oxygen atoms in total. The summed E-state index contributed by atoms with van der Waals surface area (Å²) in [6.07, 6.45) is 4.97. The highest BCUT2D eigenvalue weighted by molar-refractivity contribution is 5.93. The molecule has 190 valence electrons. The minimum atomic E-state index is -1.29. The molecule has 0 atom stereocenters. The summed E-state index contributed by atoms with van der Waals surface area (Å²) < 4.78 is 17.1. The number of carboxylic acids is 1. The normalized spacial score (nSPS) is 23.7. The summed E-state index contributed by atoms with van der Waals surface area (Å²) in [6, 6.07) is 3.42. The lowest BCUT2D eigenvalue weighted by Crippen LogP contribution is -2.64. The molecule has 0 unspecified atom stereocenters. The van der Waals surface area contributed by atoms with Gasteiger partial charge < -0.3 is 19.8 Å². The molecule has 1 aromatic carbocycles. The first kappa shape index (κ1) is 24.2. The first-order valence-corrected chi connectivity index (χ1v) is 12.5. The number of hydrogen-bond acceptors (Lipinski definition) is 6. The van der Waals surface area contributed by atoms with Gasteiger partial charge in [-0.05, 0) is 65.5 Å². The molecular weight excluding hydrogens is 451 g/mol. The summed E-state index contributed by atoms with van der Waals surface area (Å²) in [6.45, 7) is 11.1. The second kappa shape index (κ2) is 8.28. The van der Waals surface area contributed by atoms with Gasteiger partial charge in [-0.1, -0.05) is 0 Å². The van der Waals surface area contributed by atoms with Gasteiger partial charge in [0, 0.05) is 60.9 Å². The number of piperazine rings is 1. The van der Waals surface area contributed by atoms with Crippen molar-refractivity contribution in [3.63, 3.8) is 0 Å². The smallest absolute Gasteiger partial charge is 0.341 e. The van der Waals surface area contributed by atoms with E-state index in [1.165, 1.54) is 17.3 Å². The van der Waals surface area contributed by atoms with Crippen LogP contribution in [0, 0.1) is 5.82 Å². The summed E-state index contributed by atoms with van der Waals surface area (Å²) in [5, 5.41) is 21.7. The third-order valence-electron chi connectivity index (χ3n) is 8.06. The topological polar surface area (TPSA) is 89.2 Å². The molecule has 3 heterocycles. The van der Waals surface area contributed by atoms with Crippen LogP contribution in [0.5, 0.6) is 0 Å². The first-order valence-electron chi connectivity index (χ1n) is 12.5. The number of carboxylic acid groups (broad SMARTS) is 1. The molecule has 2 aliphatic heterocycles. The van der Waals surface area contributed by atoms with Gasteiger partial charge in [0.15, 0.2) is 0 Å². The van der Waals surface area contributed by atoms with Gasteiger partial charge in [0.2, 0.25) is 5.43 Å². The Morgan fingerprint density at radius 2 is 1.60 bits per heavy atom. The van der Waals surface area contributed by atoms with E-state index < -0.39 is 17.2 Å². The van der Waals surface area contributed by atoms with E-state index in [9.17, 15) is 19.9 Å². The van der Waals surface area contributed by atoms with Crippen LogP contribution >= 0.6 is 0 Å². The van der Waals surface area contributed by atoms with Crippen molar-refractivity contribution in [1.82, 2.24) is 14.5 Å². The maximum atomic E-state index is 15.3. The molecule has 0 spiro atoms. The highest BCUT2D eigenvalue weighted by Crippen LogP contribution is 2.40. The third-order valence-corrected chi connectivity index (χ3v) is 8.06. The van der Waals surface area contributed by atoms with E-state index in [2.05, 4.69) is 32.6 Å². The number of piperidine rings is 1. The quantitative estimate of drug-likeness (QED) is 0.681. The highest BCUT2D eigenvalue weighted by atomic mass is 19.1. The van der Waals surface area contributed by atoms with Gasteiger partial charge in [0.05, 0.1) is 11.2 Å².